The van der Waals surface area contributed by atoms with Crippen LogP contribution in [-0.4, -0.2) is 24.1 Å². The fourth-order valence-electron chi connectivity index (χ4n) is 1.48. The molecule has 1 aromatic rings. The van der Waals surface area contributed by atoms with E-state index < -0.39 is 11.2 Å². The monoisotopic (exact) mass is 224 g/mol. The number of hydrogen-bond donors (Lipinski definition) is 1. The molecule has 2 rings (SSSR count). The molecule has 1 fully saturated rings. The maximum atomic E-state index is 13.2. The SMILES string of the molecule is CC1(C(=O)NCc2ccncc2F)COC1. The van der Waals surface area contributed by atoms with Crippen LogP contribution in [0.15, 0.2) is 18.5 Å². The van der Waals surface area contributed by atoms with E-state index in [1.54, 1.807) is 6.07 Å². The van der Waals surface area contributed by atoms with E-state index in [0.29, 0.717) is 18.8 Å². The molecule has 0 atom stereocenters. The Bertz CT molecular complexity index is 405. The third-order valence-electron chi connectivity index (χ3n) is 2.69. The summed E-state index contributed by atoms with van der Waals surface area (Å²) in [4.78, 5) is 15.3. The van der Waals surface area contributed by atoms with E-state index in [1.165, 1.54) is 6.20 Å². The van der Waals surface area contributed by atoms with Gasteiger partial charge in [0.15, 0.2) is 0 Å². The summed E-state index contributed by atoms with van der Waals surface area (Å²) in [6.07, 6.45) is 2.63. The molecule has 1 N–H and O–H groups in total. The molecule has 0 aliphatic carbocycles. The summed E-state index contributed by atoms with van der Waals surface area (Å²) >= 11 is 0. The van der Waals surface area contributed by atoms with Gasteiger partial charge in [0.1, 0.15) is 5.82 Å². The van der Waals surface area contributed by atoms with Crippen molar-refractivity contribution in [2.75, 3.05) is 13.2 Å². The van der Waals surface area contributed by atoms with Crippen LogP contribution in [0.25, 0.3) is 0 Å². The Morgan fingerprint density at radius 1 is 1.69 bits per heavy atom. The van der Waals surface area contributed by atoms with Gasteiger partial charge in [-0.15, -0.1) is 0 Å². The molecule has 0 aromatic carbocycles. The Morgan fingerprint density at radius 3 is 3.00 bits per heavy atom. The normalized spacial score (nSPS) is 17.6. The van der Waals surface area contributed by atoms with Crippen molar-refractivity contribution >= 4 is 5.91 Å². The highest BCUT2D eigenvalue weighted by Crippen LogP contribution is 2.26. The smallest absolute Gasteiger partial charge is 0.230 e. The Morgan fingerprint density at radius 2 is 2.44 bits per heavy atom. The first-order chi connectivity index (χ1) is 7.62. The van der Waals surface area contributed by atoms with Crippen molar-refractivity contribution in [2.45, 2.75) is 13.5 Å². The van der Waals surface area contributed by atoms with E-state index >= 15 is 0 Å². The second-order valence-electron chi connectivity index (χ2n) is 4.20. The van der Waals surface area contributed by atoms with E-state index in [2.05, 4.69) is 10.3 Å². The van der Waals surface area contributed by atoms with E-state index in [4.69, 9.17) is 4.74 Å². The van der Waals surface area contributed by atoms with E-state index in [-0.39, 0.29) is 12.5 Å². The van der Waals surface area contributed by atoms with Gasteiger partial charge < -0.3 is 10.1 Å². The number of halogens is 1. The van der Waals surface area contributed by atoms with Crippen LogP contribution < -0.4 is 5.32 Å². The minimum absolute atomic E-state index is 0.102. The molecule has 86 valence electrons. The molecule has 0 radical (unpaired) electrons. The zero-order valence-electron chi connectivity index (χ0n) is 9.00. The summed E-state index contributed by atoms with van der Waals surface area (Å²) in [5.74, 6) is -0.507. The number of carbonyl (C=O) groups is 1. The van der Waals surface area contributed by atoms with Crippen molar-refractivity contribution in [1.82, 2.24) is 10.3 Å². The quantitative estimate of drug-likeness (QED) is 0.829. The van der Waals surface area contributed by atoms with Crippen LogP contribution in [0.3, 0.4) is 0 Å². The number of ether oxygens (including phenoxy) is 1. The van der Waals surface area contributed by atoms with Gasteiger partial charge in [-0.3, -0.25) is 9.78 Å². The molecular formula is C11H13FN2O2. The van der Waals surface area contributed by atoms with Crippen LogP contribution in [-0.2, 0) is 16.1 Å². The highest BCUT2D eigenvalue weighted by atomic mass is 19.1. The lowest BCUT2D eigenvalue weighted by Crippen LogP contribution is -2.51. The molecule has 2 heterocycles. The zero-order chi connectivity index (χ0) is 11.6. The molecule has 1 aliphatic rings. The molecular weight excluding hydrogens is 211 g/mol. The summed E-state index contributed by atoms with van der Waals surface area (Å²) in [7, 11) is 0. The Labute approximate surface area is 92.8 Å². The van der Waals surface area contributed by atoms with Gasteiger partial charge in [0.05, 0.1) is 24.8 Å². The number of amides is 1. The first-order valence-corrected chi connectivity index (χ1v) is 5.06. The fourth-order valence-corrected chi connectivity index (χ4v) is 1.48. The van der Waals surface area contributed by atoms with Crippen molar-refractivity contribution in [3.63, 3.8) is 0 Å². The fraction of sp³-hybridized carbons (Fsp3) is 0.455. The molecule has 0 unspecified atom stereocenters. The summed E-state index contributed by atoms with van der Waals surface area (Å²) in [5.41, 5.74) is -0.0176. The second kappa shape index (κ2) is 4.17. The van der Waals surface area contributed by atoms with Gasteiger partial charge in [0.25, 0.3) is 0 Å². The van der Waals surface area contributed by atoms with Crippen molar-refractivity contribution in [1.29, 1.82) is 0 Å². The van der Waals surface area contributed by atoms with Crippen molar-refractivity contribution in [3.8, 4) is 0 Å². The average molecular weight is 224 g/mol. The van der Waals surface area contributed by atoms with Gasteiger partial charge in [-0.2, -0.15) is 0 Å². The van der Waals surface area contributed by atoms with Gasteiger partial charge in [-0.05, 0) is 13.0 Å². The average Bonchev–Trinajstić information content (AvgIpc) is 2.24. The standard InChI is InChI=1S/C11H13FN2O2/c1-11(6-16-7-11)10(15)14-4-8-2-3-13-5-9(8)12/h2-3,5H,4,6-7H2,1H3,(H,14,15). The topological polar surface area (TPSA) is 51.2 Å². The number of nitrogens with one attached hydrogen (secondary N) is 1. The largest absolute Gasteiger partial charge is 0.379 e. The van der Waals surface area contributed by atoms with Gasteiger partial charge >= 0.3 is 0 Å². The molecule has 0 spiro atoms. The predicted molar refractivity (Wildman–Crippen MR) is 55.0 cm³/mol. The van der Waals surface area contributed by atoms with Crippen LogP contribution in [0.4, 0.5) is 4.39 Å². The lowest BCUT2D eigenvalue weighted by Gasteiger charge is -2.36. The van der Waals surface area contributed by atoms with Gasteiger partial charge in [-0.25, -0.2) is 4.39 Å². The first-order valence-electron chi connectivity index (χ1n) is 5.06. The number of pyridine rings is 1. The molecule has 4 nitrogen and oxygen atoms in total. The van der Waals surface area contributed by atoms with E-state index in [9.17, 15) is 9.18 Å². The predicted octanol–water partition coefficient (Wildman–Crippen LogP) is 0.873. The number of carbonyl (C=O) groups excluding carboxylic acids is 1. The molecule has 5 heteroatoms. The summed E-state index contributed by atoms with van der Waals surface area (Å²) in [5, 5.41) is 2.70. The maximum absolute atomic E-state index is 13.2. The minimum Gasteiger partial charge on any atom is -0.379 e. The van der Waals surface area contributed by atoms with Crippen LogP contribution in [0.1, 0.15) is 12.5 Å². The van der Waals surface area contributed by atoms with Crippen LogP contribution >= 0.6 is 0 Å². The lowest BCUT2D eigenvalue weighted by atomic mass is 9.87. The molecule has 16 heavy (non-hydrogen) atoms. The number of aromatic nitrogens is 1. The summed E-state index contributed by atoms with van der Waals surface area (Å²) in [6, 6.07) is 1.55. The lowest BCUT2D eigenvalue weighted by molar-refractivity contribution is -0.157. The number of nitrogens with zero attached hydrogens (tertiary/aromatic N) is 1. The highest BCUT2D eigenvalue weighted by molar-refractivity contribution is 5.83. The highest BCUT2D eigenvalue weighted by Gasteiger charge is 2.40. The Balaban J connectivity index is 1.93. The van der Waals surface area contributed by atoms with Gasteiger partial charge in [-0.1, -0.05) is 0 Å². The van der Waals surface area contributed by atoms with Gasteiger partial charge in [0, 0.05) is 18.3 Å². The van der Waals surface area contributed by atoms with Crippen molar-refractivity contribution in [2.24, 2.45) is 5.41 Å². The Hall–Kier alpha value is -1.49. The molecule has 1 aliphatic heterocycles. The minimum atomic E-state index is -0.455. The van der Waals surface area contributed by atoms with Crippen LogP contribution in [0.5, 0.6) is 0 Å². The second-order valence-corrected chi connectivity index (χ2v) is 4.20. The number of rotatable bonds is 3. The zero-order valence-corrected chi connectivity index (χ0v) is 9.00. The summed E-state index contributed by atoms with van der Waals surface area (Å²) in [6.45, 7) is 2.87. The van der Waals surface area contributed by atoms with Crippen molar-refractivity contribution in [3.05, 3.63) is 29.8 Å². The van der Waals surface area contributed by atoms with Crippen molar-refractivity contribution < 1.29 is 13.9 Å². The van der Waals surface area contributed by atoms with Gasteiger partial charge in [0.2, 0.25) is 5.91 Å². The maximum Gasteiger partial charge on any atom is 0.230 e. The third-order valence-corrected chi connectivity index (χ3v) is 2.69. The summed E-state index contributed by atoms with van der Waals surface area (Å²) < 4.78 is 18.2. The molecule has 0 saturated carbocycles. The van der Waals surface area contributed by atoms with E-state index in [0.717, 1.165) is 6.20 Å². The molecule has 1 amide bonds. The Kier molecular flexibility index (Phi) is 2.87. The third kappa shape index (κ3) is 2.04. The molecule has 0 bridgehead atoms. The number of hydrogen-bond acceptors (Lipinski definition) is 3. The molecule has 1 saturated heterocycles. The van der Waals surface area contributed by atoms with Crippen LogP contribution in [0, 0.1) is 11.2 Å². The molecule has 1 aromatic heterocycles. The van der Waals surface area contributed by atoms with E-state index in [1.807, 2.05) is 6.92 Å². The first kappa shape index (κ1) is 11.0. The van der Waals surface area contributed by atoms with Crippen LogP contribution in [0.2, 0.25) is 0 Å².